The van der Waals surface area contributed by atoms with E-state index in [-0.39, 0.29) is 30.1 Å². The zero-order valence-corrected chi connectivity index (χ0v) is 19.9. The Kier molecular flexibility index (Phi) is 13.6. The lowest BCUT2D eigenvalue weighted by Crippen LogP contribution is -2.41. The number of methoxy groups -OCH3 is 1. The van der Waals surface area contributed by atoms with Crippen LogP contribution in [0.15, 0.2) is 29.5 Å². The van der Waals surface area contributed by atoms with Crippen LogP contribution in [-0.4, -0.2) is 67.9 Å². The zero-order valence-electron chi connectivity index (χ0n) is 17.5. The Morgan fingerprint density at radius 1 is 1.29 bits per heavy atom. The summed E-state index contributed by atoms with van der Waals surface area (Å²) in [5.41, 5.74) is 0.434. The Morgan fingerprint density at radius 2 is 2.00 bits per heavy atom. The second-order valence-corrected chi connectivity index (χ2v) is 7.04. The van der Waals surface area contributed by atoms with E-state index in [9.17, 15) is 4.79 Å². The molecule has 160 valence electrons. The van der Waals surface area contributed by atoms with Crippen LogP contribution in [0.1, 0.15) is 32.8 Å². The molecule has 1 aromatic heterocycles. The fraction of sp³-hybridized carbons (Fsp3) is 0.632. The van der Waals surface area contributed by atoms with Gasteiger partial charge in [0.2, 0.25) is 0 Å². The lowest BCUT2D eigenvalue weighted by atomic mass is 10.2. The van der Waals surface area contributed by atoms with Crippen molar-refractivity contribution in [3.8, 4) is 0 Å². The average Bonchev–Trinajstić information content (AvgIpc) is 2.62. The molecule has 2 N–H and O–H groups in total. The first-order valence-corrected chi connectivity index (χ1v) is 9.16. The SMILES string of the molecule is CN=C(NCCCN(Cc1cccnc1)C(=O)OC(C)(C)C)NCCOC.I. The molecule has 0 saturated heterocycles. The van der Waals surface area contributed by atoms with E-state index in [0.29, 0.717) is 38.7 Å². The Morgan fingerprint density at radius 3 is 2.57 bits per heavy atom. The van der Waals surface area contributed by atoms with Gasteiger partial charge in [-0.2, -0.15) is 0 Å². The van der Waals surface area contributed by atoms with E-state index in [1.807, 2.05) is 32.9 Å². The quantitative estimate of drug-likeness (QED) is 0.231. The van der Waals surface area contributed by atoms with Crippen molar-refractivity contribution in [3.63, 3.8) is 0 Å². The number of hydrogen-bond acceptors (Lipinski definition) is 5. The van der Waals surface area contributed by atoms with Gasteiger partial charge in [-0.05, 0) is 38.8 Å². The van der Waals surface area contributed by atoms with Crippen LogP contribution >= 0.6 is 24.0 Å². The number of hydrogen-bond donors (Lipinski definition) is 2. The van der Waals surface area contributed by atoms with Gasteiger partial charge in [-0.25, -0.2) is 4.79 Å². The van der Waals surface area contributed by atoms with E-state index >= 15 is 0 Å². The first-order valence-electron chi connectivity index (χ1n) is 9.16. The van der Waals surface area contributed by atoms with E-state index in [0.717, 1.165) is 12.0 Å². The summed E-state index contributed by atoms with van der Waals surface area (Å²) in [6.07, 6.45) is 3.91. The fourth-order valence-corrected chi connectivity index (χ4v) is 2.24. The van der Waals surface area contributed by atoms with Crippen molar-refractivity contribution in [2.45, 2.75) is 39.3 Å². The van der Waals surface area contributed by atoms with Crippen LogP contribution in [0.25, 0.3) is 0 Å². The fourth-order valence-electron chi connectivity index (χ4n) is 2.24. The first kappa shape index (κ1) is 26.4. The number of aliphatic imine (C=N–C) groups is 1. The van der Waals surface area contributed by atoms with Crippen LogP contribution in [-0.2, 0) is 16.0 Å². The molecule has 9 heteroatoms. The van der Waals surface area contributed by atoms with Crippen molar-refractivity contribution < 1.29 is 14.3 Å². The maximum Gasteiger partial charge on any atom is 0.410 e. The molecule has 0 aliphatic carbocycles. The van der Waals surface area contributed by atoms with Crippen LogP contribution in [0.4, 0.5) is 4.79 Å². The summed E-state index contributed by atoms with van der Waals surface area (Å²) in [5.74, 6) is 0.711. The number of nitrogens with one attached hydrogen (secondary N) is 2. The highest BCUT2D eigenvalue weighted by molar-refractivity contribution is 14.0. The summed E-state index contributed by atoms with van der Waals surface area (Å²) >= 11 is 0. The van der Waals surface area contributed by atoms with E-state index < -0.39 is 5.60 Å². The van der Waals surface area contributed by atoms with Gasteiger partial charge in [0, 0.05) is 46.2 Å². The number of amides is 1. The molecule has 1 rings (SSSR count). The third-order valence-electron chi connectivity index (χ3n) is 3.47. The third kappa shape index (κ3) is 12.0. The molecule has 8 nitrogen and oxygen atoms in total. The normalized spacial score (nSPS) is 11.4. The van der Waals surface area contributed by atoms with Gasteiger partial charge in [-0.3, -0.25) is 9.98 Å². The molecule has 0 aliphatic rings. The van der Waals surface area contributed by atoms with Crippen molar-refractivity contribution in [3.05, 3.63) is 30.1 Å². The Labute approximate surface area is 185 Å². The number of pyridine rings is 1. The highest BCUT2D eigenvalue weighted by Gasteiger charge is 2.22. The van der Waals surface area contributed by atoms with E-state index in [4.69, 9.17) is 9.47 Å². The van der Waals surface area contributed by atoms with Crippen LogP contribution in [0, 0.1) is 0 Å². The van der Waals surface area contributed by atoms with Gasteiger partial charge in [0.05, 0.1) is 13.2 Å². The van der Waals surface area contributed by atoms with Crippen molar-refractivity contribution in [1.82, 2.24) is 20.5 Å². The van der Waals surface area contributed by atoms with Crippen LogP contribution in [0.5, 0.6) is 0 Å². The standard InChI is InChI=1S/C19H33N5O3.HI/c1-19(2,3)27-18(25)24(15-16-8-6-9-21-14-16)12-7-10-22-17(20-4)23-11-13-26-5;/h6,8-9,14H,7,10-13,15H2,1-5H3,(H2,20,22,23);1H. The number of ether oxygens (including phenoxy) is 2. The summed E-state index contributed by atoms with van der Waals surface area (Å²) in [5, 5.41) is 6.38. The first-order chi connectivity index (χ1) is 12.9. The molecule has 1 amide bonds. The minimum absolute atomic E-state index is 0. The number of carbonyl (C=O) groups is 1. The highest BCUT2D eigenvalue weighted by atomic mass is 127. The van der Waals surface area contributed by atoms with Crippen molar-refractivity contribution in [2.75, 3.05) is 40.4 Å². The van der Waals surface area contributed by atoms with E-state index in [1.165, 1.54) is 0 Å². The second kappa shape index (κ2) is 14.4. The molecule has 0 saturated carbocycles. The van der Waals surface area contributed by atoms with Gasteiger partial charge in [0.15, 0.2) is 5.96 Å². The minimum atomic E-state index is -0.532. The van der Waals surface area contributed by atoms with Crippen molar-refractivity contribution in [1.29, 1.82) is 0 Å². The van der Waals surface area contributed by atoms with Crippen LogP contribution < -0.4 is 10.6 Å². The minimum Gasteiger partial charge on any atom is -0.444 e. The molecule has 0 atom stereocenters. The zero-order chi connectivity index (χ0) is 20.1. The molecular formula is C19H34IN5O3. The van der Waals surface area contributed by atoms with Gasteiger partial charge in [0.1, 0.15) is 5.60 Å². The summed E-state index contributed by atoms with van der Waals surface area (Å²) in [7, 11) is 3.38. The lowest BCUT2D eigenvalue weighted by molar-refractivity contribution is 0.0232. The van der Waals surface area contributed by atoms with Gasteiger partial charge in [0.25, 0.3) is 0 Å². The largest absolute Gasteiger partial charge is 0.444 e. The Balaban J connectivity index is 0.00000729. The van der Waals surface area contributed by atoms with Gasteiger partial charge >= 0.3 is 6.09 Å². The maximum atomic E-state index is 12.5. The van der Waals surface area contributed by atoms with Gasteiger partial charge in [-0.15, -0.1) is 24.0 Å². The smallest absolute Gasteiger partial charge is 0.410 e. The molecule has 0 unspecified atom stereocenters. The van der Waals surface area contributed by atoms with Crippen molar-refractivity contribution >= 4 is 36.0 Å². The summed E-state index contributed by atoms with van der Waals surface area (Å²) in [4.78, 5) is 22.5. The number of nitrogens with zero attached hydrogens (tertiary/aromatic N) is 3. The molecule has 28 heavy (non-hydrogen) atoms. The van der Waals surface area contributed by atoms with Crippen LogP contribution in [0.2, 0.25) is 0 Å². The number of aromatic nitrogens is 1. The molecule has 0 aromatic carbocycles. The topological polar surface area (TPSA) is 88.1 Å². The second-order valence-electron chi connectivity index (χ2n) is 7.04. The molecule has 0 radical (unpaired) electrons. The summed E-state index contributed by atoms with van der Waals surface area (Å²) in [6, 6.07) is 3.81. The predicted molar refractivity (Wildman–Crippen MR) is 122 cm³/mol. The Bertz CT molecular complexity index is 579. The monoisotopic (exact) mass is 507 g/mol. The average molecular weight is 507 g/mol. The number of guanidine groups is 1. The number of rotatable bonds is 9. The Hall–Kier alpha value is -1.62. The summed E-state index contributed by atoms with van der Waals surface area (Å²) < 4.78 is 10.5. The molecule has 0 fully saturated rings. The molecule has 1 heterocycles. The van der Waals surface area contributed by atoms with Crippen molar-refractivity contribution in [2.24, 2.45) is 4.99 Å². The number of carbonyl (C=O) groups excluding carboxylic acids is 1. The molecule has 0 aliphatic heterocycles. The number of halogens is 1. The third-order valence-corrected chi connectivity index (χ3v) is 3.47. The lowest BCUT2D eigenvalue weighted by Gasteiger charge is -2.27. The predicted octanol–water partition coefficient (Wildman–Crippen LogP) is 2.64. The highest BCUT2D eigenvalue weighted by Crippen LogP contribution is 2.12. The molecular weight excluding hydrogens is 473 g/mol. The summed E-state index contributed by atoms with van der Waals surface area (Å²) in [6.45, 7) is 8.59. The molecule has 0 spiro atoms. The maximum absolute atomic E-state index is 12.5. The van der Waals surface area contributed by atoms with Crippen LogP contribution in [0.3, 0.4) is 0 Å². The molecule has 0 bridgehead atoms. The van der Waals surface area contributed by atoms with E-state index in [2.05, 4.69) is 20.6 Å². The molecule has 1 aromatic rings. The van der Waals surface area contributed by atoms with E-state index in [1.54, 1.807) is 31.5 Å². The van der Waals surface area contributed by atoms with Gasteiger partial charge in [-0.1, -0.05) is 6.07 Å². The van der Waals surface area contributed by atoms with Gasteiger partial charge < -0.3 is 25.0 Å².